The highest BCUT2D eigenvalue weighted by molar-refractivity contribution is 7.88. The van der Waals surface area contributed by atoms with Crippen molar-refractivity contribution in [3.63, 3.8) is 0 Å². The van der Waals surface area contributed by atoms with Crippen LogP contribution in [0.15, 0.2) is 40.4 Å². The van der Waals surface area contributed by atoms with Crippen molar-refractivity contribution in [1.82, 2.24) is 4.31 Å². The fourth-order valence-corrected chi connectivity index (χ4v) is 5.05. The van der Waals surface area contributed by atoms with E-state index < -0.39 is 27.9 Å². The van der Waals surface area contributed by atoms with Gasteiger partial charge in [-0.1, -0.05) is 25.8 Å². The maximum atomic E-state index is 12.9. The first-order valence-corrected chi connectivity index (χ1v) is 11.2. The van der Waals surface area contributed by atoms with Crippen LogP contribution in [0.5, 0.6) is 0 Å². The molecule has 0 aromatic heterocycles. The van der Waals surface area contributed by atoms with Crippen LogP contribution in [0, 0.1) is 11.8 Å². The van der Waals surface area contributed by atoms with E-state index in [-0.39, 0.29) is 23.8 Å². The summed E-state index contributed by atoms with van der Waals surface area (Å²) in [6.07, 6.45) is 0.346. The number of nitrogens with one attached hydrogen (secondary N) is 1. The molecule has 1 aliphatic heterocycles. The maximum absolute atomic E-state index is 12.9. The fraction of sp³-hybridized carbons (Fsp3) is 0.500. The second kappa shape index (κ2) is 8.41. The van der Waals surface area contributed by atoms with E-state index in [0.29, 0.717) is 11.6 Å². The first-order valence-electron chi connectivity index (χ1n) is 9.84. The van der Waals surface area contributed by atoms with Crippen LogP contribution in [0.4, 0.5) is 18.9 Å². The molecule has 0 spiro atoms. The van der Waals surface area contributed by atoms with E-state index in [4.69, 9.17) is 0 Å². The quantitative estimate of drug-likeness (QED) is 0.750. The minimum atomic E-state index is -4.55. The third-order valence-electron chi connectivity index (χ3n) is 5.45. The van der Waals surface area contributed by atoms with Gasteiger partial charge in [-0.15, -0.1) is 4.40 Å². The third-order valence-corrected chi connectivity index (χ3v) is 6.91. The Bertz CT molecular complexity index is 979. The minimum Gasteiger partial charge on any atom is -0.321 e. The van der Waals surface area contributed by atoms with Gasteiger partial charge in [0.05, 0.1) is 11.3 Å². The molecule has 1 saturated carbocycles. The number of likely N-dealkylation sites (N-methyl/N-ethyl adjacent to an activating group) is 1. The zero-order valence-electron chi connectivity index (χ0n) is 16.7. The number of carbonyl (C=O) groups is 1. The van der Waals surface area contributed by atoms with Crippen molar-refractivity contribution in [1.29, 1.82) is 0 Å². The molecule has 164 valence electrons. The van der Waals surface area contributed by atoms with E-state index in [2.05, 4.69) is 16.6 Å². The van der Waals surface area contributed by atoms with Crippen LogP contribution in [0.3, 0.4) is 0 Å². The van der Waals surface area contributed by atoms with E-state index in [0.717, 1.165) is 42.1 Å². The number of carbonyl (C=O) groups excluding carboxylic acids is 1. The van der Waals surface area contributed by atoms with Crippen LogP contribution < -0.4 is 5.32 Å². The van der Waals surface area contributed by atoms with Crippen molar-refractivity contribution in [3.05, 3.63) is 41.6 Å². The zero-order chi connectivity index (χ0) is 22.1. The number of rotatable bonds is 4. The van der Waals surface area contributed by atoms with E-state index in [1.165, 1.54) is 18.2 Å². The lowest BCUT2D eigenvalue weighted by molar-refractivity contribution is -0.137. The van der Waals surface area contributed by atoms with Crippen molar-refractivity contribution in [2.45, 2.75) is 45.7 Å². The molecule has 30 heavy (non-hydrogen) atoms. The summed E-state index contributed by atoms with van der Waals surface area (Å²) < 4.78 is 68.9. The Morgan fingerprint density at radius 2 is 1.90 bits per heavy atom. The molecular weight excluding hydrogens is 419 g/mol. The maximum Gasteiger partial charge on any atom is 0.416 e. The molecule has 3 rings (SSSR count). The van der Waals surface area contributed by atoms with Crippen LogP contribution in [-0.4, -0.2) is 30.9 Å². The highest BCUT2D eigenvalue weighted by atomic mass is 32.2. The number of anilines is 1. The van der Waals surface area contributed by atoms with Crippen molar-refractivity contribution < 1.29 is 26.4 Å². The Kier molecular flexibility index (Phi) is 6.26. The van der Waals surface area contributed by atoms with Gasteiger partial charge in [0.1, 0.15) is 5.70 Å². The minimum absolute atomic E-state index is 0.0251. The van der Waals surface area contributed by atoms with E-state index >= 15 is 0 Å². The molecule has 1 aromatic rings. The van der Waals surface area contributed by atoms with Gasteiger partial charge in [0.15, 0.2) is 0 Å². The molecule has 0 unspecified atom stereocenters. The molecule has 0 saturated heterocycles. The predicted octanol–water partition coefficient (Wildman–Crippen LogP) is 4.38. The number of allylic oxidation sites excluding steroid dienone is 1. The molecule has 6 nitrogen and oxygen atoms in total. The van der Waals surface area contributed by atoms with Gasteiger partial charge in [0.2, 0.25) is 0 Å². The molecule has 0 radical (unpaired) electrons. The predicted molar refractivity (Wildman–Crippen MR) is 108 cm³/mol. The summed E-state index contributed by atoms with van der Waals surface area (Å²) in [5.74, 6) is -0.301. The lowest BCUT2D eigenvalue weighted by Gasteiger charge is -2.31. The van der Waals surface area contributed by atoms with Gasteiger partial charge < -0.3 is 5.32 Å². The topological polar surface area (TPSA) is 78.8 Å². The standard InChI is InChI=1S/C20H24F3N3O3S/c1-3-26-18(19(27)24-16-6-4-5-15(11-16)20(21,22)23)12-17(25-30(26,28)29)14-9-7-13(2)8-10-14/h4-6,11-14H,3,7-10H2,1-2H3,(H,24,27). The molecule has 1 aliphatic carbocycles. The van der Waals surface area contributed by atoms with Crippen LogP contribution in [0.1, 0.15) is 45.1 Å². The lowest BCUT2D eigenvalue weighted by atomic mass is 9.80. The molecular formula is C20H24F3N3O3S. The molecule has 1 amide bonds. The number of hydrogen-bond acceptors (Lipinski definition) is 3. The van der Waals surface area contributed by atoms with Crippen LogP contribution in [0.25, 0.3) is 0 Å². The summed E-state index contributed by atoms with van der Waals surface area (Å²) in [6.45, 7) is 3.67. The monoisotopic (exact) mass is 443 g/mol. The average Bonchev–Trinajstić information content (AvgIpc) is 2.66. The number of nitrogens with zero attached hydrogens (tertiary/aromatic N) is 2. The fourth-order valence-electron chi connectivity index (χ4n) is 3.77. The van der Waals surface area contributed by atoms with Crippen LogP contribution in [0.2, 0.25) is 0 Å². The third kappa shape index (κ3) is 4.85. The number of halogens is 3. The second-order valence-electron chi connectivity index (χ2n) is 7.68. The molecule has 2 aliphatic rings. The first-order chi connectivity index (χ1) is 14.0. The Morgan fingerprint density at radius 3 is 2.50 bits per heavy atom. The molecule has 0 bridgehead atoms. The average molecular weight is 443 g/mol. The largest absolute Gasteiger partial charge is 0.416 e. The molecule has 1 aromatic carbocycles. The van der Waals surface area contributed by atoms with Gasteiger partial charge in [-0.2, -0.15) is 21.6 Å². The van der Waals surface area contributed by atoms with Crippen LogP contribution >= 0.6 is 0 Å². The van der Waals surface area contributed by atoms with Crippen molar-refractivity contribution >= 4 is 27.5 Å². The first kappa shape index (κ1) is 22.3. The Morgan fingerprint density at radius 1 is 1.23 bits per heavy atom. The van der Waals surface area contributed by atoms with E-state index in [9.17, 15) is 26.4 Å². The number of alkyl halides is 3. The van der Waals surface area contributed by atoms with Crippen LogP contribution in [-0.2, 0) is 21.2 Å². The smallest absolute Gasteiger partial charge is 0.321 e. The van der Waals surface area contributed by atoms with Gasteiger partial charge >= 0.3 is 16.4 Å². The lowest BCUT2D eigenvalue weighted by Crippen LogP contribution is -2.39. The highest BCUT2D eigenvalue weighted by Crippen LogP contribution is 2.33. The molecule has 1 heterocycles. The van der Waals surface area contributed by atoms with Crippen molar-refractivity contribution in [2.75, 3.05) is 11.9 Å². The Labute approximate surface area is 174 Å². The summed E-state index contributed by atoms with van der Waals surface area (Å²) in [6, 6.07) is 4.20. The summed E-state index contributed by atoms with van der Waals surface area (Å²) in [4.78, 5) is 12.8. The van der Waals surface area contributed by atoms with Crippen molar-refractivity contribution in [3.8, 4) is 0 Å². The summed E-state index contributed by atoms with van der Waals surface area (Å²) >= 11 is 0. The molecule has 10 heteroatoms. The highest BCUT2D eigenvalue weighted by Gasteiger charge is 2.35. The van der Waals surface area contributed by atoms with Gasteiger partial charge in [0.25, 0.3) is 5.91 Å². The Hall–Kier alpha value is -2.36. The number of amides is 1. The summed E-state index contributed by atoms with van der Waals surface area (Å²) in [5.41, 5.74) is -0.782. The molecule has 1 fully saturated rings. The molecule has 0 atom stereocenters. The summed E-state index contributed by atoms with van der Waals surface area (Å²) in [7, 11) is -4.09. The normalized spacial score (nSPS) is 24.1. The second-order valence-corrected chi connectivity index (χ2v) is 9.20. The number of benzene rings is 1. The SMILES string of the molecule is CCN1C(C(=O)Nc2cccc(C(F)(F)F)c2)=CC(C2CCC(C)CC2)=NS1(=O)=O. The Balaban J connectivity index is 1.89. The van der Waals surface area contributed by atoms with E-state index in [1.807, 2.05) is 0 Å². The van der Waals surface area contributed by atoms with E-state index in [1.54, 1.807) is 6.92 Å². The van der Waals surface area contributed by atoms with Gasteiger partial charge in [0, 0.05) is 18.2 Å². The summed E-state index contributed by atoms with van der Waals surface area (Å²) in [5, 5.41) is 2.39. The van der Waals surface area contributed by atoms with Gasteiger partial charge in [-0.3, -0.25) is 4.79 Å². The number of hydrogen-bond donors (Lipinski definition) is 1. The molecule has 1 N–H and O–H groups in total. The van der Waals surface area contributed by atoms with Crippen molar-refractivity contribution in [2.24, 2.45) is 16.2 Å². The van der Waals surface area contributed by atoms with Gasteiger partial charge in [-0.05, 0) is 50.0 Å². The van der Waals surface area contributed by atoms with Gasteiger partial charge in [-0.25, -0.2) is 4.31 Å². The zero-order valence-corrected chi connectivity index (χ0v) is 17.6.